The summed E-state index contributed by atoms with van der Waals surface area (Å²) in [4.78, 5) is 35.0. The van der Waals surface area contributed by atoms with E-state index in [1.165, 1.54) is 18.2 Å². The Morgan fingerprint density at radius 3 is 2.46 bits per heavy atom. The first-order valence-corrected chi connectivity index (χ1v) is 7.80. The predicted molar refractivity (Wildman–Crippen MR) is 91.6 cm³/mol. The van der Waals surface area contributed by atoms with Crippen molar-refractivity contribution in [3.05, 3.63) is 76.5 Å². The number of nitrogens with one attached hydrogen (secondary N) is 1. The Morgan fingerprint density at radius 2 is 1.77 bits per heavy atom. The molecule has 0 bridgehead atoms. The van der Waals surface area contributed by atoms with Crippen LogP contribution in [-0.4, -0.2) is 29.3 Å². The number of carbonyl (C=O) groups excluding carboxylic acids is 2. The third-order valence-corrected chi connectivity index (χ3v) is 3.84. The SMILES string of the molecule is O=C1O[C@H](OC(=O)c2ccccc2)C(Nc2cccc(C(=O)O)c2)=C1Cl. The first kappa shape index (κ1) is 17.5. The van der Waals surface area contributed by atoms with E-state index in [1.807, 2.05) is 0 Å². The van der Waals surface area contributed by atoms with Gasteiger partial charge in [-0.2, -0.15) is 0 Å². The fourth-order valence-electron chi connectivity index (χ4n) is 2.24. The molecule has 0 aromatic heterocycles. The molecule has 1 aliphatic rings. The van der Waals surface area contributed by atoms with Crippen molar-refractivity contribution >= 4 is 35.2 Å². The van der Waals surface area contributed by atoms with Crippen molar-refractivity contribution in [2.75, 3.05) is 5.32 Å². The molecule has 0 radical (unpaired) electrons. The van der Waals surface area contributed by atoms with E-state index in [4.69, 9.17) is 26.2 Å². The summed E-state index contributed by atoms with van der Waals surface area (Å²) in [6.07, 6.45) is -1.36. The Bertz CT molecular complexity index is 909. The highest BCUT2D eigenvalue weighted by Crippen LogP contribution is 2.29. The second kappa shape index (κ2) is 7.28. The molecule has 1 atom stereocenters. The van der Waals surface area contributed by atoms with Gasteiger partial charge in [0.05, 0.1) is 11.1 Å². The first-order valence-electron chi connectivity index (χ1n) is 7.43. The number of carboxylic acids is 1. The molecule has 0 saturated heterocycles. The van der Waals surface area contributed by atoms with Crippen LogP contribution in [0.2, 0.25) is 0 Å². The highest BCUT2D eigenvalue weighted by atomic mass is 35.5. The van der Waals surface area contributed by atoms with Crippen molar-refractivity contribution in [2.45, 2.75) is 6.29 Å². The molecule has 0 saturated carbocycles. The Kier molecular flexibility index (Phi) is 4.90. The van der Waals surface area contributed by atoms with Gasteiger partial charge in [0.2, 0.25) is 0 Å². The van der Waals surface area contributed by atoms with Gasteiger partial charge in [0.25, 0.3) is 6.29 Å². The summed E-state index contributed by atoms with van der Waals surface area (Å²) in [6, 6.07) is 14.0. The lowest BCUT2D eigenvalue weighted by Gasteiger charge is -2.16. The van der Waals surface area contributed by atoms with Gasteiger partial charge in [-0.05, 0) is 30.3 Å². The molecule has 3 rings (SSSR count). The van der Waals surface area contributed by atoms with E-state index in [0.29, 0.717) is 5.69 Å². The number of carboxylic acid groups (broad SMARTS) is 1. The minimum absolute atomic E-state index is 0.0171. The zero-order valence-corrected chi connectivity index (χ0v) is 13.9. The number of rotatable bonds is 5. The number of hydrogen-bond acceptors (Lipinski definition) is 6. The molecule has 7 nitrogen and oxygen atoms in total. The summed E-state index contributed by atoms with van der Waals surface area (Å²) in [5.41, 5.74) is 0.675. The molecule has 0 amide bonds. The van der Waals surface area contributed by atoms with Crippen LogP contribution in [0.1, 0.15) is 20.7 Å². The van der Waals surface area contributed by atoms with E-state index in [2.05, 4.69) is 5.32 Å². The Morgan fingerprint density at radius 1 is 1.08 bits per heavy atom. The molecule has 0 spiro atoms. The number of ether oxygens (including phenoxy) is 2. The van der Waals surface area contributed by atoms with Crippen LogP contribution in [0.15, 0.2) is 65.3 Å². The van der Waals surface area contributed by atoms with Gasteiger partial charge >= 0.3 is 17.9 Å². The molecular weight excluding hydrogens is 362 g/mol. The summed E-state index contributed by atoms with van der Waals surface area (Å²) in [5, 5.41) is 11.6. The third-order valence-electron chi connectivity index (χ3n) is 3.48. The zero-order valence-electron chi connectivity index (χ0n) is 13.1. The van der Waals surface area contributed by atoms with Crippen molar-refractivity contribution in [1.82, 2.24) is 0 Å². The second-order valence-electron chi connectivity index (χ2n) is 5.25. The minimum Gasteiger partial charge on any atom is -0.478 e. The number of anilines is 1. The molecule has 0 fully saturated rings. The van der Waals surface area contributed by atoms with Crippen LogP contribution in [0.25, 0.3) is 0 Å². The summed E-state index contributed by atoms with van der Waals surface area (Å²) in [7, 11) is 0. The van der Waals surface area contributed by atoms with Crippen LogP contribution in [0, 0.1) is 0 Å². The Hall–Kier alpha value is -3.32. The molecule has 1 aliphatic heterocycles. The van der Waals surface area contributed by atoms with E-state index in [-0.39, 0.29) is 21.9 Å². The lowest BCUT2D eigenvalue weighted by Crippen LogP contribution is -2.24. The fraction of sp³-hybridized carbons (Fsp3) is 0.0556. The van der Waals surface area contributed by atoms with Crippen LogP contribution < -0.4 is 5.32 Å². The number of benzene rings is 2. The lowest BCUT2D eigenvalue weighted by molar-refractivity contribution is -0.152. The quantitative estimate of drug-likeness (QED) is 0.777. The molecule has 0 unspecified atom stereocenters. The summed E-state index contributed by atoms with van der Waals surface area (Å²) in [6.45, 7) is 0. The maximum absolute atomic E-state index is 12.2. The maximum Gasteiger partial charge on any atom is 0.355 e. The third kappa shape index (κ3) is 3.68. The number of aromatic carboxylic acids is 1. The van der Waals surface area contributed by atoms with Gasteiger partial charge in [-0.15, -0.1) is 0 Å². The van der Waals surface area contributed by atoms with Gasteiger partial charge in [0.15, 0.2) is 5.03 Å². The van der Waals surface area contributed by atoms with Crippen molar-refractivity contribution in [3.63, 3.8) is 0 Å². The summed E-state index contributed by atoms with van der Waals surface area (Å²) >= 11 is 5.94. The summed E-state index contributed by atoms with van der Waals surface area (Å²) in [5.74, 6) is -2.66. The molecule has 132 valence electrons. The second-order valence-corrected chi connectivity index (χ2v) is 5.63. The van der Waals surface area contributed by atoms with Gasteiger partial charge in [-0.25, -0.2) is 14.4 Å². The molecule has 26 heavy (non-hydrogen) atoms. The molecule has 2 N–H and O–H groups in total. The standard InChI is InChI=1S/C18H12ClNO6/c19-13-14(20-12-8-4-7-11(9-12)15(21)22)18(26-17(13)24)25-16(23)10-5-2-1-3-6-10/h1-9,18,20H,(H,21,22)/t18-/m0/s1. The van der Waals surface area contributed by atoms with Crippen LogP contribution in [0.4, 0.5) is 5.69 Å². The smallest absolute Gasteiger partial charge is 0.355 e. The van der Waals surface area contributed by atoms with Gasteiger partial charge in [-0.3, -0.25) is 0 Å². The number of esters is 2. The fourth-order valence-corrected chi connectivity index (χ4v) is 2.42. The van der Waals surface area contributed by atoms with Gasteiger partial charge < -0.3 is 19.9 Å². The van der Waals surface area contributed by atoms with Crippen LogP contribution in [-0.2, 0) is 14.3 Å². The minimum atomic E-state index is -1.36. The summed E-state index contributed by atoms with van der Waals surface area (Å²) < 4.78 is 10.2. The first-order chi connectivity index (χ1) is 12.5. The van der Waals surface area contributed by atoms with Gasteiger partial charge in [0.1, 0.15) is 5.70 Å². The number of halogens is 1. The topological polar surface area (TPSA) is 102 Å². The van der Waals surface area contributed by atoms with E-state index >= 15 is 0 Å². The van der Waals surface area contributed by atoms with E-state index in [0.717, 1.165) is 0 Å². The van der Waals surface area contributed by atoms with E-state index in [9.17, 15) is 14.4 Å². The van der Waals surface area contributed by atoms with E-state index < -0.39 is 24.2 Å². The molecular formula is C18H12ClNO6. The molecule has 8 heteroatoms. The monoisotopic (exact) mass is 373 g/mol. The molecule has 2 aromatic rings. The van der Waals surface area contributed by atoms with Crippen LogP contribution in [0.5, 0.6) is 0 Å². The number of hydrogen-bond donors (Lipinski definition) is 2. The lowest BCUT2D eigenvalue weighted by atomic mass is 10.2. The van der Waals surface area contributed by atoms with Gasteiger partial charge in [-0.1, -0.05) is 35.9 Å². The van der Waals surface area contributed by atoms with Gasteiger partial charge in [0, 0.05) is 5.69 Å². The van der Waals surface area contributed by atoms with Crippen molar-refractivity contribution in [1.29, 1.82) is 0 Å². The zero-order chi connectivity index (χ0) is 18.7. The highest BCUT2D eigenvalue weighted by Gasteiger charge is 2.36. The Balaban J connectivity index is 1.81. The van der Waals surface area contributed by atoms with Crippen LogP contribution in [0.3, 0.4) is 0 Å². The Labute approximate surface area is 152 Å². The van der Waals surface area contributed by atoms with Crippen molar-refractivity contribution < 1.29 is 29.0 Å². The van der Waals surface area contributed by atoms with E-state index in [1.54, 1.807) is 36.4 Å². The average molecular weight is 374 g/mol. The molecule has 0 aliphatic carbocycles. The average Bonchev–Trinajstić information content (AvgIpc) is 2.90. The largest absolute Gasteiger partial charge is 0.478 e. The van der Waals surface area contributed by atoms with Crippen molar-refractivity contribution in [3.8, 4) is 0 Å². The number of carbonyl (C=O) groups is 3. The maximum atomic E-state index is 12.2. The predicted octanol–water partition coefficient (Wildman–Crippen LogP) is 2.99. The normalized spacial score (nSPS) is 16.2. The molecule has 2 aromatic carbocycles. The highest BCUT2D eigenvalue weighted by molar-refractivity contribution is 6.42. The van der Waals surface area contributed by atoms with Crippen LogP contribution >= 0.6 is 11.6 Å². The molecule has 1 heterocycles. The number of cyclic esters (lactones) is 1. The van der Waals surface area contributed by atoms with Crippen molar-refractivity contribution in [2.24, 2.45) is 0 Å².